The third-order valence-electron chi connectivity index (χ3n) is 4.75. The van der Waals surface area contributed by atoms with Crippen LogP contribution in [0.5, 0.6) is 0 Å². The summed E-state index contributed by atoms with van der Waals surface area (Å²) in [5.41, 5.74) is 3.02. The first-order valence-electron chi connectivity index (χ1n) is 10.6. The third kappa shape index (κ3) is 7.68. The van der Waals surface area contributed by atoms with E-state index in [0.29, 0.717) is 24.9 Å². The molecule has 0 saturated heterocycles. The minimum absolute atomic E-state index is 0.135. The second kappa shape index (κ2) is 12.0. The van der Waals surface area contributed by atoms with E-state index in [1.165, 1.54) is 5.56 Å². The smallest absolute Gasteiger partial charge is 0.247 e. The number of benzene rings is 1. The van der Waals surface area contributed by atoms with Crippen molar-refractivity contribution in [1.82, 2.24) is 9.47 Å². The maximum atomic E-state index is 12.4. The topological polar surface area (TPSA) is 54.7 Å². The molecule has 5 nitrogen and oxygen atoms in total. The molecule has 0 N–H and O–H groups in total. The number of carbonyl (C=O) groups is 2. The predicted molar refractivity (Wildman–Crippen MR) is 116 cm³/mol. The molecular weight excluding hydrogens is 362 g/mol. The van der Waals surface area contributed by atoms with Crippen molar-refractivity contribution in [3.05, 3.63) is 65.3 Å². The minimum atomic E-state index is -0.181. The summed E-state index contributed by atoms with van der Waals surface area (Å²) in [6.45, 7) is 8.44. The van der Waals surface area contributed by atoms with E-state index in [0.717, 1.165) is 31.5 Å². The molecule has 0 unspecified atom stereocenters. The highest BCUT2D eigenvalue weighted by molar-refractivity contribution is 5.79. The highest BCUT2D eigenvalue weighted by Gasteiger charge is 2.12. The molecule has 0 spiro atoms. The van der Waals surface area contributed by atoms with Gasteiger partial charge in [-0.3, -0.25) is 9.59 Å². The van der Waals surface area contributed by atoms with Crippen LogP contribution in [0, 0.1) is 6.92 Å². The number of hydrogen-bond acceptors (Lipinski definition) is 2. The Hall–Kier alpha value is -2.69. The molecule has 2 rings (SSSR count). The lowest BCUT2D eigenvalue weighted by Crippen LogP contribution is -2.32. The second-order valence-corrected chi connectivity index (χ2v) is 7.41. The van der Waals surface area contributed by atoms with Crippen molar-refractivity contribution in [2.24, 2.45) is 4.99 Å². The number of aryl methyl sites for hydroxylation is 1. The molecule has 0 aliphatic heterocycles. The van der Waals surface area contributed by atoms with Crippen molar-refractivity contribution in [3.8, 4) is 0 Å². The predicted octanol–water partition coefficient (Wildman–Crippen LogP) is 4.09. The molecule has 29 heavy (non-hydrogen) atoms. The summed E-state index contributed by atoms with van der Waals surface area (Å²) in [6.07, 6.45) is 5.07. The van der Waals surface area contributed by atoms with Gasteiger partial charge in [0, 0.05) is 38.7 Å². The van der Waals surface area contributed by atoms with Gasteiger partial charge in [-0.25, -0.2) is 0 Å². The summed E-state index contributed by atoms with van der Waals surface area (Å²) in [6, 6.07) is 14.0. The van der Waals surface area contributed by atoms with E-state index in [9.17, 15) is 9.59 Å². The van der Waals surface area contributed by atoms with Gasteiger partial charge in [0.15, 0.2) is 0 Å². The van der Waals surface area contributed by atoms with Crippen LogP contribution in [0.3, 0.4) is 0 Å². The Morgan fingerprint density at radius 3 is 2.31 bits per heavy atom. The Kier molecular flexibility index (Phi) is 9.35. The quantitative estimate of drug-likeness (QED) is 0.608. The summed E-state index contributed by atoms with van der Waals surface area (Å²) in [7, 11) is 0. The van der Waals surface area contributed by atoms with Gasteiger partial charge in [0.2, 0.25) is 11.8 Å². The standard InChI is InChI=1S/C24H33N3O2/c1-4-16-26(17-5-2)24(29)11-8-10-23(28)25-22-9-6-7-18-27(22)19-21-14-12-20(3)13-15-21/h6-7,9,12-15,18H,4-5,8,10-11,16-17,19H2,1-3H3. The van der Waals surface area contributed by atoms with Crippen LogP contribution in [0.15, 0.2) is 53.7 Å². The van der Waals surface area contributed by atoms with Crippen LogP contribution in [0.2, 0.25) is 0 Å². The average Bonchev–Trinajstić information content (AvgIpc) is 2.71. The van der Waals surface area contributed by atoms with Crippen molar-refractivity contribution in [2.45, 2.75) is 59.4 Å². The third-order valence-corrected chi connectivity index (χ3v) is 4.75. The molecule has 1 heterocycles. The number of amides is 2. The van der Waals surface area contributed by atoms with E-state index in [1.54, 1.807) is 0 Å². The second-order valence-electron chi connectivity index (χ2n) is 7.41. The maximum Gasteiger partial charge on any atom is 0.247 e. The van der Waals surface area contributed by atoms with Crippen molar-refractivity contribution in [1.29, 1.82) is 0 Å². The molecular formula is C24H33N3O2. The molecule has 2 aromatic rings. The Labute approximate surface area is 174 Å². The van der Waals surface area contributed by atoms with Crippen molar-refractivity contribution in [2.75, 3.05) is 13.1 Å². The van der Waals surface area contributed by atoms with Gasteiger partial charge in [0.1, 0.15) is 5.49 Å². The fourth-order valence-electron chi connectivity index (χ4n) is 3.23. The van der Waals surface area contributed by atoms with E-state index in [4.69, 9.17) is 0 Å². The van der Waals surface area contributed by atoms with Crippen LogP contribution in [0.25, 0.3) is 0 Å². The highest BCUT2D eigenvalue weighted by atomic mass is 16.2. The number of pyridine rings is 1. The Bertz CT molecular complexity index is 847. The molecule has 2 amide bonds. The molecule has 0 aliphatic carbocycles. The highest BCUT2D eigenvalue weighted by Crippen LogP contribution is 2.06. The number of carbonyl (C=O) groups excluding carboxylic acids is 2. The monoisotopic (exact) mass is 395 g/mol. The lowest BCUT2D eigenvalue weighted by Gasteiger charge is -2.21. The zero-order valence-corrected chi connectivity index (χ0v) is 17.9. The molecule has 0 bridgehead atoms. The van der Waals surface area contributed by atoms with Gasteiger partial charge in [0.05, 0.1) is 0 Å². The molecule has 0 fully saturated rings. The lowest BCUT2D eigenvalue weighted by atomic mass is 10.1. The first kappa shape index (κ1) is 22.6. The molecule has 0 radical (unpaired) electrons. The fourth-order valence-corrected chi connectivity index (χ4v) is 3.23. The number of nitrogens with zero attached hydrogens (tertiary/aromatic N) is 3. The molecule has 156 valence electrons. The van der Waals surface area contributed by atoms with E-state index >= 15 is 0 Å². The first-order valence-corrected chi connectivity index (χ1v) is 10.6. The van der Waals surface area contributed by atoms with Gasteiger partial charge in [-0.05, 0) is 43.9 Å². The van der Waals surface area contributed by atoms with E-state index in [1.807, 2.05) is 33.9 Å². The Morgan fingerprint density at radius 1 is 0.966 bits per heavy atom. The number of aromatic nitrogens is 1. The van der Waals surface area contributed by atoms with Crippen molar-refractivity contribution >= 4 is 11.8 Å². The average molecular weight is 396 g/mol. The Morgan fingerprint density at radius 2 is 1.66 bits per heavy atom. The lowest BCUT2D eigenvalue weighted by molar-refractivity contribution is -0.131. The van der Waals surface area contributed by atoms with Crippen LogP contribution in [-0.4, -0.2) is 34.4 Å². The molecule has 0 atom stereocenters. The minimum Gasteiger partial charge on any atom is -0.343 e. The molecule has 1 aromatic carbocycles. The maximum absolute atomic E-state index is 12.4. The summed E-state index contributed by atoms with van der Waals surface area (Å²) in [4.78, 5) is 30.9. The molecule has 0 aliphatic rings. The zero-order valence-electron chi connectivity index (χ0n) is 17.9. The summed E-state index contributed by atoms with van der Waals surface area (Å²) in [5, 5.41) is 0. The molecule has 5 heteroatoms. The largest absolute Gasteiger partial charge is 0.343 e. The van der Waals surface area contributed by atoms with Crippen LogP contribution >= 0.6 is 0 Å². The number of rotatable bonds is 10. The van der Waals surface area contributed by atoms with Crippen molar-refractivity contribution in [3.63, 3.8) is 0 Å². The summed E-state index contributed by atoms with van der Waals surface area (Å²) >= 11 is 0. The van der Waals surface area contributed by atoms with Gasteiger partial charge >= 0.3 is 0 Å². The van der Waals surface area contributed by atoms with Crippen LogP contribution in [0.1, 0.15) is 57.1 Å². The normalized spacial score (nSPS) is 11.5. The van der Waals surface area contributed by atoms with E-state index in [2.05, 4.69) is 50.0 Å². The fraction of sp³-hybridized carbons (Fsp3) is 0.458. The Balaban J connectivity index is 1.96. The van der Waals surface area contributed by atoms with Gasteiger partial charge in [0.25, 0.3) is 0 Å². The van der Waals surface area contributed by atoms with E-state index < -0.39 is 0 Å². The molecule has 1 aromatic heterocycles. The van der Waals surface area contributed by atoms with E-state index in [-0.39, 0.29) is 18.2 Å². The summed E-state index contributed by atoms with van der Waals surface area (Å²) < 4.78 is 1.97. The molecule has 0 saturated carbocycles. The van der Waals surface area contributed by atoms with Gasteiger partial charge in [-0.15, -0.1) is 0 Å². The zero-order chi connectivity index (χ0) is 21.1. The number of hydrogen-bond donors (Lipinski definition) is 0. The van der Waals surface area contributed by atoms with Gasteiger partial charge in [-0.1, -0.05) is 49.7 Å². The summed E-state index contributed by atoms with van der Waals surface area (Å²) in [5.74, 6) is -0.0464. The SMILES string of the molecule is CCCN(CCC)C(=O)CCCC(=O)N=c1ccccn1Cc1ccc(C)cc1. The van der Waals surface area contributed by atoms with Crippen molar-refractivity contribution < 1.29 is 9.59 Å². The van der Waals surface area contributed by atoms with Gasteiger partial charge < -0.3 is 9.47 Å². The first-order chi connectivity index (χ1) is 14.0. The van der Waals surface area contributed by atoms with Crippen LogP contribution in [0.4, 0.5) is 0 Å². The van der Waals surface area contributed by atoms with Crippen LogP contribution in [-0.2, 0) is 16.1 Å². The van der Waals surface area contributed by atoms with Gasteiger partial charge in [-0.2, -0.15) is 4.99 Å². The van der Waals surface area contributed by atoms with Crippen LogP contribution < -0.4 is 5.49 Å².